The van der Waals surface area contributed by atoms with Crippen molar-refractivity contribution in [3.8, 4) is 0 Å². The second kappa shape index (κ2) is 7.91. The summed E-state index contributed by atoms with van der Waals surface area (Å²) in [5, 5.41) is 5.63. The quantitative estimate of drug-likeness (QED) is 0.691. The summed E-state index contributed by atoms with van der Waals surface area (Å²) < 4.78 is 0. The summed E-state index contributed by atoms with van der Waals surface area (Å²) in [5.74, 6) is -0.349. The Morgan fingerprint density at radius 3 is 2.48 bits per heavy atom. The highest BCUT2D eigenvalue weighted by Gasteiger charge is 2.51. The first-order chi connectivity index (χ1) is 15.9. The van der Waals surface area contributed by atoms with Gasteiger partial charge in [0.2, 0.25) is 0 Å². The third kappa shape index (κ3) is 3.59. The molecule has 3 aliphatic heterocycles. The Morgan fingerprint density at radius 1 is 1.00 bits per heavy atom. The third-order valence-electron chi connectivity index (χ3n) is 6.76. The van der Waals surface area contributed by atoms with E-state index in [0.29, 0.717) is 43.7 Å². The van der Waals surface area contributed by atoms with E-state index >= 15 is 0 Å². The van der Waals surface area contributed by atoms with Crippen molar-refractivity contribution in [1.82, 2.24) is 15.1 Å². The Labute approximate surface area is 191 Å². The molecule has 6 amide bonds. The number of imide groups is 1. The van der Waals surface area contributed by atoms with E-state index in [2.05, 4.69) is 10.6 Å². The molecule has 0 atom stereocenters. The smallest absolute Gasteiger partial charge is 0.324 e. The molecule has 2 saturated heterocycles. The predicted octanol–water partition coefficient (Wildman–Crippen LogP) is 2.44. The van der Waals surface area contributed by atoms with Gasteiger partial charge in [-0.3, -0.25) is 14.5 Å². The molecular weight excluding hydrogens is 422 g/mol. The molecule has 1 spiro atoms. The number of nitrogens with zero attached hydrogens (tertiary/aromatic N) is 3. The van der Waals surface area contributed by atoms with Crippen molar-refractivity contribution >= 4 is 35.3 Å². The van der Waals surface area contributed by atoms with E-state index in [4.69, 9.17) is 0 Å². The molecule has 3 heterocycles. The minimum atomic E-state index is -0.916. The van der Waals surface area contributed by atoms with Gasteiger partial charge in [0.05, 0.1) is 0 Å². The number of amides is 6. The van der Waals surface area contributed by atoms with Gasteiger partial charge in [0.15, 0.2) is 0 Å². The zero-order valence-electron chi connectivity index (χ0n) is 18.3. The number of benzene rings is 2. The van der Waals surface area contributed by atoms with Crippen LogP contribution in [0.25, 0.3) is 0 Å². The lowest BCUT2D eigenvalue weighted by atomic mass is 9.87. The second-order valence-corrected chi connectivity index (χ2v) is 8.71. The van der Waals surface area contributed by atoms with Gasteiger partial charge in [0.1, 0.15) is 5.54 Å². The SMILES string of the molecule is CN1C(=O)NC2(CCN(C(=O)Nc3cccc(C(=O)N4CCc5ccccc54)c3)CC2)C1=O. The van der Waals surface area contributed by atoms with Crippen molar-refractivity contribution in [1.29, 1.82) is 0 Å². The minimum Gasteiger partial charge on any atom is -0.324 e. The Hall–Kier alpha value is -3.88. The van der Waals surface area contributed by atoms with E-state index in [1.165, 1.54) is 7.05 Å². The Bertz CT molecular complexity index is 1160. The number of nitrogens with one attached hydrogen (secondary N) is 2. The number of anilines is 2. The lowest BCUT2D eigenvalue weighted by molar-refractivity contribution is -0.131. The van der Waals surface area contributed by atoms with Crippen molar-refractivity contribution in [2.45, 2.75) is 24.8 Å². The number of hydrogen-bond acceptors (Lipinski definition) is 4. The van der Waals surface area contributed by atoms with Crippen LogP contribution in [0.4, 0.5) is 21.0 Å². The van der Waals surface area contributed by atoms with Gasteiger partial charge in [-0.15, -0.1) is 0 Å². The molecule has 0 radical (unpaired) electrons. The summed E-state index contributed by atoms with van der Waals surface area (Å²) >= 11 is 0. The normalized spacial score (nSPS) is 19.0. The standard InChI is InChI=1S/C24H25N5O4/c1-27-21(31)24(26-23(27)33)10-13-28(14-11-24)22(32)25-18-7-4-6-17(15-18)20(30)29-12-9-16-5-2-3-8-19(16)29/h2-8,15H,9-14H2,1H3,(H,25,32)(H,26,33). The van der Waals surface area contributed by atoms with Crippen LogP contribution in [0.2, 0.25) is 0 Å². The molecule has 9 nitrogen and oxygen atoms in total. The van der Waals surface area contributed by atoms with E-state index < -0.39 is 11.6 Å². The molecule has 2 aromatic carbocycles. The largest absolute Gasteiger partial charge is 0.324 e. The highest BCUT2D eigenvalue weighted by molar-refractivity contribution is 6.08. The van der Waals surface area contributed by atoms with Gasteiger partial charge in [-0.25, -0.2) is 9.59 Å². The Kier molecular flexibility index (Phi) is 5.03. The van der Waals surface area contributed by atoms with Crippen molar-refractivity contribution in [3.63, 3.8) is 0 Å². The summed E-state index contributed by atoms with van der Waals surface area (Å²) in [6.07, 6.45) is 1.55. The number of carbonyl (C=O) groups is 4. The minimum absolute atomic E-state index is 0.101. The number of rotatable bonds is 2. The number of likely N-dealkylation sites (N-methyl/N-ethyl adjacent to an activating group) is 1. The first-order valence-electron chi connectivity index (χ1n) is 11.0. The molecule has 5 rings (SSSR count). The molecule has 3 aliphatic rings. The van der Waals surface area contributed by atoms with Gasteiger partial charge in [-0.2, -0.15) is 0 Å². The summed E-state index contributed by atoms with van der Waals surface area (Å²) in [6.45, 7) is 1.32. The lowest BCUT2D eigenvalue weighted by Crippen LogP contribution is -2.56. The maximum absolute atomic E-state index is 13.1. The topological polar surface area (TPSA) is 102 Å². The number of piperidine rings is 1. The molecule has 2 fully saturated rings. The molecule has 0 bridgehead atoms. The van der Waals surface area contributed by atoms with Crippen LogP contribution in [-0.4, -0.2) is 65.9 Å². The highest BCUT2D eigenvalue weighted by Crippen LogP contribution is 2.30. The maximum Gasteiger partial charge on any atom is 0.324 e. The zero-order chi connectivity index (χ0) is 23.2. The number of likely N-dealkylation sites (tertiary alicyclic amines) is 1. The number of fused-ring (bicyclic) bond motifs is 1. The molecule has 0 unspecified atom stereocenters. The summed E-state index contributed by atoms with van der Waals surface area (Å²) in [4.78, 5) is 54.7. The second-order valence-electron chi connectivity index (χ2n) is 8.71. The van der Waals surface area contributed by atoms with Crippen LogP contribution >= 0.6 is 0 Å². The number of urea groups is 2. The van der Waals surface area contributed by atoms with Gasteiger partial charge in [-0.1, -0.05) is 24.3 Å². The van der Waals surface area contributed by atoms with Gasteiger partial charge >= 0.3 is 12.1 Å². The summed E-state index contributed by atoms with van der Waals surface area (Å²) in [5.41, 5.74) is 2.20. The van der Waals surface area contributed by atoms with Gasteiger partial charge < -0.3 is 20.4 Å². The van der Waals surface area contributed by atoms with E-state index in [9.17, 15) is 19.2 Å². The molecule has 0 aliphatic carbocycles. The molecule has 170 valence electrons. The first kappa shape index (κ1) is 21.0. The van der Waals surface area contributed by atoms with Crippen LogP contribution in [0.15, 0.2) is 48.5 Å². The average Bonchev–Trinajstić information content (AvgIpc) is 3.35. The van der Waals surface area contributed by atoms with Crippen molar-refractivity contribution in [3.05, 3.63) is 59.7 Å². The zero-order valence-corrected chi connectivity index (χ0v) is 18.3. The first-order valence-corrected chi connectivity index (χ1v) is 11.0. The van der Waals surface area contributed by atoms with E-state index in [1.807, 2.05) is 24.3 Å². The van der Waals surface area contributed by atoms with E-state index in [0.717, 1.165) is 22.6 Å². The van der Waals surface area contributed by atoms with E-state index in [1.54, 1.807) is 34.1 Å². The monoisotopic (exact) mass is 447 g/mol. The van der Waals surface area contributed by atoms with Crippen LogP contribution in [0.5, 0.6) is 0 Å². The number of hydrogen-bond donors (Lipinski definition) is 2. The third-order valence-corrected chi connectivity index (χ3v) is 6.76. The lowest BCUT2D eigenvalue weighted by Gasteiger charge is -2.37. The average molecular weight is 447 g/mol. The van der Waals surface area contributed by atoms with Crippen LogP contribution in [0, 0.1) is 0 Å². The molecule has 0 saturated carbocycles. The van der Waals surface area contributed by atoms with Crippen LogP contribution in [-0.2, 0) is 11.2 Å². The fraction of sp³-hybridized carbons (Fsp3) is 0.333. The highest BCUT2D eigenvalue weighted by atomic mass is 16.2. The van der Waals surface area contributed by atoms with E-state index in [-0.39, 0.29) is 17.8 Å². The van der Waals surface area contributed by atoms with Crippen LogP contribution in [0.1, 0.15) is 28.8 Å². The van der Waals surface area contributed by atoms with Crippen molar-refractivity contribution in [2.75, 3.05) is 36.9 Å². The van der Waals surface area contributed by atoms with Gasteiger partial charge in [0, 0.05) is 43.6 Å². The Morgan fingerprint density at radius 2 is 1.76 bits per heavy atom. The predicted molar refractivity (Wildman–Crippen MR) is 122 cm³/mol. The van der Waals surface area contributed by atoms with Crippen molar-refractivity contribution < 1.29 is 19.2 Å². The molecule has 2 aromatic rings. The number of para-hydroxylation sites is 1. The fourth-order valence-corrected chi connectivity index (χ4v) is 4.82. The van der Waals surface area contributed by atoms with Crippen LogP contribution in [0.3, 0.4) is 0 Å². The molecule has 0 aromatic heterocycles. The summed E-state index contributed by atoms with van der Waals surface area (Å²) in [7, 11) is 1.46. The van der Waals surface area contributed by atoms with Crippen molar-refractivity contribution in [2.24, 2.45) is 0 Å². The molecule has 9 heteroatoms. The molecule has 33 heavy (non-hydrogen) atoms. The van der Waals surface area contributed by atoms with Gasteiger partial charge in [0.25, 0.3) is 11.8 Å². The molecular formula is C24H25N5O4. The summed E-state index contributed by atoms with van der Waals surface area (Å²) in [6, 6.07) is 14.1. The fourth-order valence-electron chi connectivity index (χ4n) is 4.82. The Balaban J connectivity index is 1.24. The molecule has 2 N–H and O–H groups in total. The number of carbonyl (C=O) groups excluding carboxylic acids is 4. The van der Waals surface area contributed by atoms with Crippen LogP contribution < -0.4 is 15.5 Å². The van der Waals surface area contributed by atoms with Gasteiger partial charge in [-0.05, 0) is 49.1 Å². The maximum atomic E-state index is 13.1.